The predicted molar refractivity (Wildman–Crippen MR) is 83.0 cm³/mol. The average molecular weight is 321 g/mol. The Morgan fingerprint density at radius 3 is 2.63 bits per heavy atom. The molecular formula is C14H17BrN4. The van der Waals surface area contributed by atoms with E-state index >= 15 is 0 Å². The molecule has 100 valence electrons. The molecule has 1 aromatic carbocycles. The van der Waals surface area contributed by atoms with Gasteiger partial charge in [-0.15, -0.1) is 0 Å². The van der Waals surface area contributed by atoms with E-state index in [4.69, 9.17) is 0 Å². The molecule has 0 bridgehead atoms. The summed E-state index contributed by atoms with van der Waals surface area (Å²) in [5.41, 5.74) is 2.38. The summed E-state index contributed by atoms with van der Waals surface area (Å²) in [6.45, 7) is 2.18. The molecule has 0 radical (unpaired) electrons. The van der Waals surface area contributed by atoms with Crippen LogP contribution in [0.1, 0.15) is 18.9 Å². The van der Waals surface area contributed by atoms with Gasteiger partial charge >= 0.3 is 0 Å². The van der Waals surface area contributed by atoms with Gasteiger partial charge in [-0.1, -0.05) is 31.5 Å². The van der Waals surface area contributed by atoms with Gasteiger partial charge in [0.1, 0.15) is 22.4 Å². The second-order valence-corrected chi connectivity index (χ2v) is 4.96. The molecule has 1 aromatic heterocycles. The van der Waals surface area contributed by atoms with Crippen LogP contribution >= 0.6 is 15.9 Å². The Labute approximate surface area is 121 Å². The number of nitrogens with zero attached hydrogens (tertiary/aromatic N) is 2. The highest BCUT2D eigenvalue weighted by Gasteiger charge is 2.09. The Balaban J connectivity index is 2.31. The molecule has 0 atom stereocenters. The summed E-state index contributed by atoms with van der Waals surface area (Å²) in [7, 11) is 1.84. The minimum absolute atomic E-state index is 0.767. The molecule has 0 fully saturated rings. The van der Waals surface area contributed by atoms with Gasteiger partial charge in [0.05, 0.1) is 0 Å². The smallest absolute Gasteiger partial charge is 0.150 e. The lowest BCUT2D eigenvalue weighted by Crippen LogP contribution is -2.02. The Morgan fingerprint density at radius 2 is 1.89 bits per heavy atom. The third-order valence-electron chi connectivity index (χ3n) is 2.82. The summed E-state index contributed by atoms with van der Waals surface area (Å²) in [5.74, 6) is 1.54. The molecule has 2 N–H and O–H groups in total. The van der Waals surface area contributed by atoms with Gasteiger partial charge in [0.15, 0.2) is 0 Å². The second kappa shape index (κ2) is 6.52. The molecule has 0 saturated carbocycles. The van der Waals surface area contributed by atoms with E-state index < -0.39 is 0 Å². The number of nitrogens with one attached hydrogen (secondary N) is 2. The highest BCUT2D eigenvalue weighted by atomic mass is 79.9. The van der Waals surface area contributed by atoms with E-state index in [1.54, 1.807) is 6.33 Å². The Kier molecular flexibility index (Phi) is 4.74. The van der Waals surface area contributed by atoms with E-state index in [1.807, 2.05) is 13.1 Å². The van der Waals surface area contributed by atoms with E-state index in [1.165, 1.54) is 5.56 Å². The minimum Gasteiger partial charge on any atom is -0.372 e. The number of para-hydroxylation sites is 1. The number of anilines is 3. The van der Waals surface area contributed by atoms with Crippen LogP contribution in [-0.2, 0) is 6.42 Å². The first-order valence-corrected chi connectivity index (χ1v) is 7.08. The molecule has 0 spiro atoms. The first kappa shape index (κ1) is 13.8. The van der Waals surface area contributed by atoms with Crippen molar-refractivity contribution in [1.29, 1.82) is 0 Å². The molecule has 0 aliphatic rings. The van der Waals surface area contributed by atoms with Gasteiger partial charge in [0.25, 0.3) is 0 Å². The molecule has 19 heavy (non-hydrogen) atoms. The van der Waals surface area contributed by atoms with Crippen molar-refractivity contribution in [2.75, 3.05) is 17.7 Å². The second-order valence-electron chi connectivity index (χ2n) is 4.17. The van der Waals surface area contributed by atoms with Crippen LogP contribution < -0.4 is 10.6 Å². The number of aromatic nitrogens is 2. The summed E-state index contributed by atoms with van der Waals surface area (Å²) < 4.78 is 0.837. The fourth-order valence-electron chi connectivity index (χ4n) is 1.89. The predicted octanol–water partition coefficient (Wildman–Crippen LogP) is 3.98. The van der Waals surface area contributed by atoms with Gasteiger partial charge in [-0.2, -0.15) is 0 Å². The quantitative estimate of drug-likeness (QED) is 0.875. The fraction of sp³-hybridized carbons (Fsp3) is 0.286. The van der Waals surface area contributed by atoms with E-state index in [0.717, 1.165) is 34.6 Å². The van der Waals surface area contributed by atoms with Crippen molar-refractivity contribution in [2.24, 2.45) is 0 Å². The highest BCUT2D eigenvalue weighted by Crippen LogP contribution is 2.30. The van der Waals surface area contributed by atoms with Crippen LogP contribution in [0.15, 0.2) is 35.1 Å². The lowest BCUT2D eigenvalue weighted by molar-refractivity contribution is 0.923. The van der Waals surface area contributed by atoms with Crippen LogP contribution in [0.25, 0.3) is 0 Å². The van der Waals surface area contributed by atoms with Crippen molar-refractivity contribution in [3.8, 4) is 0 Å². The molecule has 0 saturated heterocycles. The van der Waals surface area contributed by atoms with E-state index in [0.29, 0.717) is 0 Å². The SMILES string of the molecule is CCCc1ccccc1Nc1ncnc(NC)c1Br. The zero-order valence-electron chi connectivity index (χ0n) is 11.1. The summed E-state index contributed by atoms with van der Waals surface area (Å²) in [5, 5.41) is 6.39. The zero-order chi connectivity index (χ0) is 13.7. The third-order valence-corrected chi connectivity index (χ3v) is 3.57. The minimum atomic E-state index is 0.767. The molecule has 2 rings (SSSR count). The van der Waals surface area contributed by atoms with Crippen molar-refractivity contribution in [1.82, 2.24) is 9.97 Å². The Bertz CT molecular complexity index is 557. The summed E-state index contributed by atoms with van der Waals surface area (Å²) >= 11 is 3.51. The van der Waals surface area contributed by atoms with Gasteiger partial charge in [-0.3, -0.25) is 0 Å². The molecular weight excluding hydrogens is 304 g/mol. The number of rotatable bonds is 5. The fourth-order valence-corrected chi connectivity index (χ4v) is 2.39. The lowest BCUT2D eigenvalue weighted by Gasteiger charge is -2.13. The zero-order valence-corrected chi connectivity index (χ0v) is 12.7. The summed E-state index contributed by atoms with van der Waals surface area (Å²) in [6, 6.07) is 8.29. The summed E-state index contributed by atoms with van der Waals surface area (Å²) in [6.07, 6.45) is 3.71. The van der Waals surface area contributed by atoms with Crippen LogP contribution in [0.5, 0.6) is 0 Å². The van der Waals surface area contributed by atoms with Gasteiger partial charge < -0.3 is 10.6 Å². The van der Waals surface area contributed by atoms with Crippen molar-refractivity contribution >= 4 is 33.3 Å². The highest BCUT2D eigenvalue weighted by molar-refractivity contribution is 9.10. The molecule has 0 aliphatic carbocycles. The van der Waals surface area contributed by atoms with E-state index in [-0.39, 0.29) is 0 Å². The average Bonchev–Trinajstić information content (AvgIpc) is 2.43. The van der Waals surface area contributed by atoms with Crippen molar-refractivity contribution in [2.45, 2.75) is 19.8 Å². The molecule has 2 aromatic rings. The van der Waals surface area contributed by atoms with Gasteiger partial charge in [0, 0.05) is 12.7 Å². The van der Waals surface area contributed by atoms with E-state index in [2.05, 4.69) is 61.7 Å². The molecule has 4 nitrogen and oxygen atoms in total. The molecule has 1 heterocycles. The molecule has 5 heteroatoms. The number of benzene rings is 1. The van der Waals surface area contributed by atoms with Crippen LogP contribution in [-0.4, -0.2) is 17.0 Å². The maximum atomic E-state index is 4.27. The Hall–Kier alpha value is -1.62. The van der Waals surface area contributed by atoms with Gasteiger partial charge in [-0.25, -0.2) is 9.97 Å². The van der Waals surface area contributed by atoms with Crippen LogP contribution in [0.2, 0.25) is 0 Å². The normalized spacial score (nSPS) is 10.3. The maximum Gasteiger partial charge on any atom is 0.150 e. The maximum absolute atomic E-state index is 4.27. The molecule has 0 aliphatic heterocycles. The summed E-state index contributed by atoms with van der Waals surface area (Å²) in [4.78, 5) is 8.42. The third kappa shape index (κ3) is 3.23. The topological polar surface area (TPSA) is 49.8 Å². The first-order valence-electron chi connectivity index (χ1n) is 6.29. The first-order chi connectivity index (χ1) is 9.26. The van der Waals surface area contributed by atoms with Crippen LogP contribution in [0, 0.1) is 0 Å². The number of aryl methyl sites for hydroxylation is 1. The van der Waals surface area contributed by atoms with Crippen LogP contribution in [0.4, 0.5) is 17.3 Å². The standard InChI is InChI=1S/C14H17BrN4/c1-3-6-10-7-4-5-8-11(10)19-14-12(15)13(16-2)17-9-18-14/h4-5,7-9H,3,6H2,1-2H3,(H2,16,17,18,19). The van der Waals surface area contributed by atoms with E-state index in [9.17, 15) is 0 Å². The Morgan fingerprint density at radius 1 is 1.16 bits per heavy atom. The van der Waals surface area contributed by atoms with Crippen LogP contribution in [0.3, 0.4) is 0 Å². The molecule has 0 amide bonds. The lowest BCUT2D eigenvalue weighted by atomic mass is 10.1. The number of hydrogen-bond donors (Lipinski definition) is 2. The monoisotopic (exact) mass is 320 g/mol. The van der Waals surface area contributed by atoms with Crippen molar-refractivity contribution in [3.05, 3.63) is 40.6 Å². The number of halogens is 1. The van der Waals surface area contributed by atoms with Crippen molar-refractivity contribution < 1.29 is 0 Å². The van der Waals surface area contributed by atoms with Crippen molar-refractivity contribution in [3.63, 3.8) is 0 Å². The van der Waals surface area contributed by atoms with Gasteiger partial charge in [-0.05, 0) is 34.0 Å². The van der Waals surface area contributed by atoms with Gasteiger partial charge in [0.2, 0.25) is 0 Å². The number of hydrogen-bond acceptors (Lipinski definition) is 4. The largest absolute Gasteiger partial charge is 0.372 e. The molecule has 0 unspecified atom stereocenters.